The molecule has 12 heavy (non-hydrogen) atoms. The Morgan fingerprint density at radius 2 is 1.50 bits per heavy atom. The number of fused-ring (bicyclic) bond motifs is 3. The Hall–Kier alpha value is 0.150. The molecule has 0 amide bonds. The first-order valence-electron chi connectivity index (χ1n) is 4.76. The van der Waals surface area contributed by atoms with Crippen molar-refractivity contribution in [1.82, 2.24) is 0 Å². The van der Waals surface area contributed by atoms with Gasteiger partial charge in [0.25, 0.3) is 0 Å². The molecule has 1 nitrogen and oxygen atoms in total. The monoisotopic (exact) mass is 230 g/mol. The van der Waals surface area contributed by atoms with Crippen LogP contribution in [0.5, 0.6) is 0 Å². The molecule has 3 rings (SSSR count). The van der Waals surface area contributed by atoms with Crippen LogP contribution in [0.3, 0.4) is 0 Å². The third-order valence-corrected chi connectivity index (χ3v) is 5.09. The van der Waals surface area contributed by atoms with Gasteiger partial charge in [-0.2, -0.15) is 0 Å². The van der Waals surface area contributed by atoms with Crippen LogP contribution in [0.4, 0.5) is 0 Å². The van der Waals surface area contributed by atoms with Crippen LogP contribution in [0.25, 0.3) is 0 Å². The maximum absolute atomic E-state index is 11.5. The predicted molar refractivity (Wildman–Crippen MR) is 52.5 cm³/mol. The number of alkyl halides is 1. The highest BCUT2D eigenvalue weighted by molar-refractivity contribution is 9.10. The third kappa shape index (κ3) is 1.15. The molecule has 0 aromatic heterocycles. The summed E-state index contributed by atoms with van der Waals surface area (Å²) in [6, 6.07) is 0. The molecule has 0 atom stereocenters. The molecule has 0 unspecified atom stereocenters. The number of carbonyl (C=O) groups excluding carboxylic acids is 1. The molecule has 0 saturated heterocycles. The van der Waals surface area contributed by atoms with Crippen LogP contribution in [-0.2, 0) is 4.79 Å². The van der Waals surface area contributed by atoms with E-state index in [1.807, 2.05) is 0 Å². The first kappa shape index (κ1) is 8.74. The van der Waals surface area contributed by atoms with Gasteiger partial charge in [0, 0.05) is 9.74 Å². The highest BCUT2D eigenvalue weighted by atomic mass is 79.9. The molecule has 0 spiro atoms. The van der Waals surface area contributed by atoms with Crippen molar-refractivity contribution in [3.8, 4) is 0 Å². The third-order valence-electron chi connectivity index (χ3n) is 3.90. The second kappa shape index (κ2) is 2.57. The number of halogens is 1. The van der Waals surface area contributed by atoms with Gasteiger partial charge in [-0.15, -0.1) is 0 Å². The highest BCUT2D eigenvalue weighted by Gasteiger charge is 2.49. The fraction of sp³-hybridized carbons (Fsp3) is 0.900. The van der Waals surface area contributed by atoms with Crippen molar-refractivity contribution < 1.29 is 4.79 Å². The first-order chi connectivity index (χ1) is 5.56. The summed E-state index contributed by atoms with van der Waals surface area (Å²) in [6.45, 7) is 1.77. The zero-order valence-corrected chi connectivity index (χ0v) is 9.11. The Balaban J connectivity index is 2.20. The van der Waals surface area contributed by atoms with E-state index in [0.29, 0.717) is 10.1 Å². The zero-order chi connectivity index (χ0) is 8.82. The Morgan fingerprint density at radius 1 is 1.08 bits per heavy atom. The highest BCUT2D eigenvalue weighted by Crippen LogP contribution is 2.56. The molecule has 2 bridgehead atoms. The van der Waals surface area contributed by atoms with Crippen LogP contribution in [0.2, 0.25) is 0 Å². The molecule has 3 aliphatic carbocycles. The van der Waals surface area contributed by atoms with Crippen molar-refractivity contribution >= 4 is 21.7 Å². The van der Waals surface area contributed by atoms with Crippen LogP contribution in [0, 0.1) is 5.41 Å². The molecule has 3 saturated carbocycles. The molecule has 3 fully saturated rings. The summed E-state index contributed by atoms with van der Waals surface area (Å²) in [5.41, 5.74) is 0.0928. The van der Waals surface area contributed by atoms with E-state index < -0.39 is 0 Å². The second-order valence-corrected chi connectivity index (χ2v) is 6.17. The minimum Gasteiger partial charge on any atom is -0.299 e. The van der Waals surface area contributed by atoms with Gasteiger partial charge in [0.05, 0.1) is 0 Å². The quantitative estimate of drug-likeness (QED) is 0.634. The van der Waals surface area contributed by atoms with Gasteiger partial charge in [0.15, 0.2) is 0 Å². The molecular formula is C10H15BrO. The Bertz CT molecular complexity index is 197. The van der Waals surface area contributed by atoms with E-state index in [0.717, 1.165) is 19.3 Å². The van der Waals surface area contributed by atoms with E-state index >= 15 is 0 Å². The summed E-state index contributed by atoms with van der Waals surface area (Å²) in [7, 11) is 0. The predicted octanol–water partition coefficient (Wildman–Crippen LogP) is 3.06. The maximum atomic E-state index is 11.5. The molecule has 0 aliphatic heterocycles. The average molecular weight is 231 g/mol. The van der Waals surface area contributed by atoms with E-state index in [2.05, 4.69) is 15.9 Å². The van der Waals surface area contributed by atoms with Crippen molar-refractivity contribution in [3.63, 3.8) is 0 Å². The van der Waals surface area contributed by atoms with Crippen LogP contribution in [-0.4, -0.2) is 10.1 Å². The Kier molecular flexibility index (Phi) is 1.87. The summed E-state index contributed by atoms with van der Waals surface area (Å²) in [4.78, 5) is 11.5. The zero-order valence-electron chi connectivity index (χ0n) is 7.53. The van der Waals surface area contributed by atoms with Gasteiger partial charge >= 0.3 is 0 Å². The Labute approximate surface area is 82.0 Å². The van der Waals surface area contributed by atoms with Gasteiger partial charge in [-0.25, -0.2) is 0 Å². The molecule has 0 N–H and O–H groups in total. The van der Waals surface area contributed by atoms with E-state index in [4.69, 9.17) is 0 Å². The number of hydrogen-bond acceptors (Lipinski definition) is 1. The lowest BCUT2D eigenvalue weighted by Gasteiger charge is -2.49. The van der Waals surface area contributed by atoms with Crippen molar-refractivity contribution in [3.05, 3.63) is 0 Å². The number of rotatable bonds is 1. The van der Waals surface area contributed by atoms with Gasteiger partial charge in [0.2, 0.25) is 0 Å². The summed E-state index contributed by atoms with van der Waals surface area (Å²) < 4.78 is 0.407. The molecule has 0 radical (unpaired) electrons. The molecule has 0 heterocycles. The van der Waals surface area contributed by atoms with E-state index in [1.54, 1.807) is 6.92 Å². The molecular weight excluding hydrogens is 216 g/mol. The molecule has 2 heteroatoms. The second-order valence-electron chi connectivity index (χ2n) is 4.49. The van der Waals surface area contributed by atoms with Crippen LogP contribution in [0.1, 0.15) is 45.4 Å². The maximum Gasteiger partial charge on any atom is 0.135 e. The van der Waals surface area contributed by atoms with Crippen LogP contribution in [0.15, 0.2) is 0 Å². The number of Topliss-reactive ketones (excluding diaryl/α,β-unsaturated/α-hetero) is 1. The van der Waals surface area contributed by atoms with E-state index in [9.17, 15) is 4.79 Å². The number of ketones is 1. The minimum atomic E-state index is 0.0928. The SMILES string of the molecule is CC(=O)C12CCC(Br)(CC1)CC2. The van der Waals surface area contributed by atoms with E-state index in [-0.39, 0.29) is 5.41 Å². The lowest BCUT2D eigenvalue weighted by Crippen LogP contribution is -2.45. The summed E-state index contributed by atoms with van der Waals surface area (Å²) in [5.74, 6) is 0.428. The molecule has 0 aromatic rings. The molecule has 3 aliphatic rings. The minimum absolute atomic E-state index is 0.0928. The average Bonchev–Trinajstić information content (AvgIpc) is 2.06. The van der Waals surface area contributed by atoms with Crippen LogP contribution < -0.4 is 0 Å². The van der Waals surface area contributed by atoms with Gasteiger partial charge in [-0.1, -0.05) is 15.9 Å². The topological polar surface area (TPSA) is 17.1 Å². The van der Waals surface area contributed by atoms with Crippen molar-refractivity contribution in [2.75, 3.05) is 0 Å². The number of hydrogen-bond donors (Lipinski definition) is 0. The number of carbonyl (C=O) groups is 1. The normalized spacial score (nSPS) is 46.2. The van der Waals surface area contributed by atoms with Crippen molar-refractivity contribution in [2.24, 2.45) is 5.41 Å². The van der Waals surface area contributed by atoms with Crippen molar-refractivity contribution in [1.29, 1.82) is 0 Å². The lowest BCUT2D eigenvalue weighted by atomic mass is 9.59. The fourth-order valence-electron chi connectivity index (χ4n) is 2.67. The summed E-state index contributed by atoms with van der Waals surface area (Å²) in [6.07, 6.45) is 6.96. The van der Waals surface area contributed by atoms with Crippen LogP contribution >= 0.6 is 15.9 Å². The smallest absolute Gasteiger partial charge is 0.135 e. The van der Waals surface area contributed by atoms with Gasteiger partial charge < -0.3 is 0 Å². The standard InChI is InChI=1S/C10H15BrO/c1-8(12)9-2-5-10(11,6-3-9)7-4-9/h2-7H2,1H3. The lowest BCUT2D eigenvalue weighted by molar-refractivity contribution is -0.131. The summed E-state index contributed by atoms with van der Waals surface area (Å²) in [5, 5.41) is 0. The summed E-state index contributed by atoms with van der Waals surface area (Å²) >= 11 is 3.79. The van der Waals surface area contributed by atoms with E-state index in [1.165, 1.54) is 19.3 Å². The Morgan fingerprint density at radius 3 is 1.83 bits per heavy atom. The van der Waals surface area contributed by atoms with Gasteiger partial charge in [-0.05, 0) is 45.4 Å². The van der Waals surface area contributed by atoms with Gasteiger partial charge in [0.1, 0.15) is 5.78 Å². The van der Waals surface area contributed by atoms with Crippen molar-refractivity contribution in [2.45, 2.75) is 49.8 Å². The molecule has 68 valence electrons. The largest absolute Gasteiger partial charge is 0.299 e. The van der Waals surface area contributed by atoms with Gasteiger partial charge in [-0.3, -0.25) is 4.79 Å². The first-order valence-corrected chi connectivity index (χ1v) is 5.56. The molecule has 0 aromatic carbocycles. The fourth-order valence-corrected chi connectivity index (χ4v) is 3.26.